The molecule has 0 saturated carbocycles. The van der Waals surface area contributed by atoms with Crippen molar-refractivity contribution in [2.45, 2.75) is 38.2 Å². The van der Waals surface area contributed by atoms with Crippen molar-refractivity contribution in [2.75, 3.05) is 11.5 Å². The van der Waals surface area contributed by atoms with Gasteiger partial charge >= 0.3 is 0 Å². The van der Waals surface area contributed by atoms with Gasteiger partial charge in [-0.3, -0.25) is 0 Å². The number of hydrogen-bond donors (Lipinski definition) is 0. The Labute approximate surface area is 200 Å². The van der Waals surface area contributed by atoms with Gasteiger partial charge in [0.05, 0.1) is 12.9 Å². The van der Waals surface area contributed by atoms with E-state index in [1.54, 1.807) is 7.11 Å². The summed E-state index contributed by atoms with van der Waals surface area (Å²) in [6.45, 7) is 2.23. The molecule has 0 unspecified atom stereocenters. The molecule has 0 bridgehead atoms. The maximum atomic E-state index is 7.07. The topological polar surface area (TPSA) is 18.5 Å². The lowest BCUT2D eigenvalue weighted by Crippen LogP contribution is -2.32. The van der Waals surface area contributed by atoms with E-state index in [-0.39, 0.29) is 0 Å². The number of ether oxygens (including phenoxy) is 2. The van der Waals surface area contributed by atoms with Gasteiger partial charge in [0.1, 0.15) is 5.75 Å². The summed E-state index contributed by atoms with van der Waals surface area (Å²) in [4.78, 5) is 0. The van der Waals surface area contributed by atoms with Crippen LogP contribution in [-0.2, 0) is 10.3 Å². The fourth-order valence-electron chi connectivity index (χ4n) is 3.87. The van der Waals surface area contributed by atoms with Crippen molar-refractivity contribution in [1.82, 2.24) is 0 Å². The Morgan fingerprint density at radius 3 is 1.84 bits per heavy atom. The third-order valence-corrected chi connectivity index (χ3v) is 5.91. The highest BCUT2D eigenvalue weighted by Crippen LogP contribution is 2.43. The molecule has 162 valence electrons. The summed E-state index contributed by atoms with van der Waals surface area (Å²) in [5.74, 6) is 1.89. The average Bonchev–Trinajstić information content (AvgIpc) is 2.84. The highest BCUT2D eigenvalue weighted by Gasteiger charge is 2.39. The number of allylic oxidation sites excluding steroid dienone is 2. The van der Waals surface area contributed by atoms with E-state index < -0.39 is 5.60 Å². The van der Waals surface area contributed by atoms with Gasteiger partial charge in [-0.25, -0.2) is 0 Å². The molecule has 0 fully saturated rings. The van der Waals surface area contributed by atoms with Gasteiger partial charge in [0.25, 0.3) is 0 Å². The van der Waals surface area contributed by atoms with Gasteiger partial charge in [-0.15, -0.1) is 0 Å². The van der Waals surface area contributed by atoms with Crippen molar-refractivity contribution in [1.29, 1.82) is 0 Å². The summed E-state index contributed by atoms with van der Waals surface area (Å²) in [6.07, 6.45) is 6.68. The Balaban J connectivity index is 2.20. The van der Waals surface area contributed by atoms with E-state index in [0.29, 0.717) is 0 Å². The SMILES string of the molecule is CCCCC/C(=C/CI)OC(c1ccccc1)(c1ccccc1)c1ccc(OC)cc1. The number of unbranched alkanes of at least 4 members (excludes halogenated alkanes) is 2. The van der Waals surface area contributed by atoms with Crippen LogP contribution in [0.1, 0.15) is 49.3 Å². The predicted molar refractivity (Wildman–Crippen MR) is 138 cm³/mol. The Morgan fingerprint density at radius 2 is 1.35 bits per heavy atom. The van der Waals surface area contributed by atoms with Gasteiger partial charge in [-0.1, -0.05) is 115 Å². The fraction of sp³-hybridized carbons (Fsp3) is 0.286. The van der Waals surface area contributed by atoms with Crippen molar-refractivity contribution < 1.29 is 9.47 Å². The highest BCUT2D eigenvalue weighted by atomic mass is 127. The Morgan fingerprint density at radius 1 is 0.806 bits per heavy atom. The molecule has 2 nitrogen and oxygen atoms in total. The summed E-state index contributed by atoms with van der Waals surface area (Å²) < 4.78 is 13.4. The van der Waals surface area contributed by atoms with Crippen molar-refractivity contribution >= 4 is 22.6 Å². The molecule has 3 aromatic carbocycles. The minimum atomic E-state index is -0.737. The Bertz CT molecular complexity index is 894. The largest absolute Gasteiger partial charge is 0.497 e. The number of benzene rings is 3. The zero-order valence-electron chi connectivity index (χ0n) is 18.4. The van der Waals surface area contributed by atoms with Gasteiger partial charge in [0.2, 0.25) is 0 Å². The molecule has 31 heavy (non-hydrogen) atoms. The predicted octanol–water partition coefficient (Wildman–Crippen LogP) is 7.90. The van der Waals surface area contributed by atoms with Crippen LogP contribution in [0.2, 0.25) is 0 Å². The molecule has 0 aromatic heterocycles. The first kappa shape index (κ1) is 23.4. The monoisotopic (exact) mass is 526 g/mol. The zero-order valence-corrected chi connectivity index (χ0v) is 20.5. The molecule has 0 aliphatic heterocycles. The zero-order chi connectivity index (χ0) is 21.9. The standard InChI is InChI=1S/C28H31IO2/c1-3-4-7-16-27(21-22-29)31-28(23-12-8-5-9-13-23,24-14-10-6-11-15-24)25-17-19-26(30-2)20-18-25/h5-6,8-15,17-21H,3-4,7,16,22H2,1-2H3/b27-21-. The van der Waals surface area contributed by atoms with Crippen LogP contribution in [0.4, 0.5) is 0 Å². The summed E-state index contributed by atoms with van der Waals surface area (Å²) in [5.41, 5.74) is 2.57. The first-order chi connectivity index (χ1) is 15.2. The molecular weight excluding hydrogens is 495 g/mol. The molecule has 0 aliphatic rings. The smallest absolute Gasteiger partial charge is 0.184 e. The lowest BCUT2D eigenvalue weighted by molar-refractivity contribution is 0.0645. The number of rotatable bonds is 11. The molecule has 0 saturated heterocycles. The van der Waals surface area contributed by atoms with E-state index in [9.17, 15) is 0 Å². The fourth-order valence-corrected chi connectivity index (χ4v) is 4.37. The van der Waals surface area contributed by atoms with Crippen LogP contribution in [0.5, 0.6) is 5.75 Å². The van der Waals surface area contributed by atoms with Gasteiger partial charge in [0.15, 0.2) is 5.60 Å². The molecule has 0 radical (unpaired) electrons. The number of halogens is 1. The molecule has 0 N–H and O–H groups in total. The van der Waals surface area contributed by atoms with Gasteiger partial charge in [-0.05, 0) is 24.6 Å². The minimum absolute atomic E-state index is 0.737. The lowest BCUT2D eigenvalue weighted by atomic mass is 9.80. The van der Waals surface area contributed by atoms with E-state index in [0.717, 1.165) is 45.5 Å². The summed E-state index contributed by atoms with van der Waals surface area (Å²) in [6, 6.07) is 29.3. The molecule has 3 aromatic rings. The lowest BCUT2D eigenvalue weighted by Gasteiger charge is -2.37. The van der Waals surface area contributed by atoms with Gasteiger partial charge in [0, 0.05) is 27.5 Å². The second-order valence-electron chi connectivity index (χ2n) is 7.53. The first-order valence-electron chi connectivity index (χ1n) is 10.9. The molecule has 3 heteroatoms. The van der Waals surface area contributed by atoms with E-state index >= 15 is 0 Å². The van der Waals surface area contributed by atoms with Crippen molar-refractivity contribution in [3.63, 3.8) is 0 Å². The molecule has 0 spiro atoms. The molecule has 3 rings (SSSR count). The third-order valence-electron chi connectivity index (χ3n) is 5.47. The van der Waals surface area contributed by atoms with Crippen molar-refractivity contribution in [3.8, 4) is 5.75 Å². The van der Waals surface area contributed by atoms with Crippen LogP contribution >= 0.6 is 22.6 Å². The van der Waals surface area contributed by atoms with E-state index in [4.69, 9.17) is 9.47 Å². The van der Waals surface area contributed by atoms with Crippen LogP contribution in [0.15, 0.2) is 96.8 Å². The van der Waals surface area contributed by atoms with Crippen molar-refractivity contribution in [3.05, 3.63) is 113 Å². The van der Waals surface area contributed by atoms with Crippen molar-refractivity contribution in [2.24, 2.45) is 0 Å². The quantitative estimate of drug-likeness (QED) is 0.0832. The van der Waals surface area contributed by atoms with E-state index in [1.165, 1.54) is 12.8 Å². The van der Waals surface area contributed by atoms with Gasteiger partial charge in [-0.2, -0.15) is 0 Å². The second kappa shape index (κ2) is 11.9. The number of alkyl halides is 1. The van der Waals surface area contributed by atoms with E-state index in [2.05, 4.69) is 108 Å². The van der Waals surface area contributed by atoms with E-state index in [1.807, 2.05) is 12.1 Å². The van der Waals surface area contributed by atoms with Crippen LogP contribution in [0, 0.1) is 0 Å². The summed E-state index contributed by atoms with van der Waals surface area (Å²) in [7, 11) is 1.70. The first-order valence-corrected chi connectivity index (χ1v) is 12.5. The second-order valence-corrected chi connectivity index (χ2v) is 8.41. The summed E-state index contributed by atoms with van der Waals surface area (Å²) in [5, 5.41) is 0. The molecular formula is C28H31IO2. The van der Waals surface area contributed by atoms with Crippen LogP contribution in [0.3, 0.4) is 0 Å². The number of hydrogen-bond acceptors (Lipinski definition) is 2. The van der Waals surface area contributed by atoms with Crippen LogP contribution in [-0.4, -0.2) is 11.5 Å². The maximum absolute atomic E-state index is 7.07. The third kappa shape index (κ3) is 5.70. The van der Waals surface area contributed by atoms with Gasteiger partial charge < -0.3 is 9.47 Å². The molecule has 0 amide bonds. The van der Waals surface area contributed by atoms with Crippen LogP contribution in [0.25, 0.3) is 0 Å². The summed E-state index contributed by atoms with van der Waals surface area (Å²) >= 11 is 2.40. The maximum Gasteiger partial charge on any atom is 0.184 e. The Hall–Kier alpha value is -2.27. The van der Waals surface area contributed by atoms with Crippen LogP contribution < -0.4 is 4.74 Å². The normalized spacial score (nSPS) is 11.9. The molecule has 0 atom stereocenters. The highest BCUT2D eigenvalue weighted by molar-refractivity contribution is 14.1. The number of methoxy groups -OCH3 is 1. The minimum Gasteiger partial charge on any atom is -0.497 e. The average molecular weight is 526 g/mol. The molecule has 0 aliphatic carbocycles. The molecule has 0 heterocycles. The Kier molecular flexibility index (Phi) is 9.01.